The zero-order valence-electron chi connectivity index (χ0n) is 31.5. The van der Waals surface area contributed by atoms with Crippen LogP contribution in [0.25, 0.3) is 0 Å². The Balaban J connectivity index is 1.92. The lowest BCUT2D eigenvalue weighted by atomic mass is 9.79. The van der Waals surface area contributed by atoms with Gasteiger partial charge < -0.3 is 20.4 Å². The molecule has 1 aliphatic rings. The first kappa shape index (κ1) is 36.3. The van der Waals surface area contributed by atoms with Crippen molar-refractivity contribution < 1.29 is 24.8 Å². The molecule has 0 saturated carbocycles. The second kappa shape index (κ2) is 12.1. The monoisotopic (exact) mass is 666 g/mol. The molecule has 1 aliphatic carbocycles. The standard InChI is InChI=1S/C44H55FO4/c1-41(2,3)31-16-24-13-25-17-32(42(4,5)6)20-28(38(25)47)15-29-23-35(44(10,11)12)36(45)34(40(29)49)22-30-21-33(43(7,8)9)19-27(39(30)48)14-26(18-31)37(24)46/h16-21,23,46-49H,13-15,22H2,1-12H3. The zero-order valence-corrected chi connectivity index (χ0v) is 31.5. The minimum absolute atomic E-state index is 0.0291. The maximum Gasteiger partial charge on any atom is 0.134 e. The van der Waals surface area contributed by atoms with Crippen LogP contribution in [0.15, 0.2) is 42.5 Å². The maximum absolute atomic E-state index is 16.6. The van der Waals surface area contributed by atoms with Crippen LogP contribution in [0, 0.1) is 5.82 Å². The molecule has 5 heteroatoms. The fraction of sp³-hybridized carbons (Fsp3) is 0.455. The van der Waals surface area contributed by atoms with Crippen LogP contribution in [0.3, 0.4) is 0 Å². The first-order chi connectivity index (χ1) is 22.4. The lowest BCUT2D eigenvalue weighted by Gasteiger charge is -2.27. The predicted octanol–water partition coefficient (Wildman–Crippen LogP) is 10.5. The molecule has 0 atom stereocenters. The van der Waals surface area contributed by atoms with E-state index in [1.54, 1.807) is 6.07 Å². The summed E-state index contributed by atoms with van der Waals surface area (Å²) in [5.41, 5.74) is 6.51. The Labute approximate surface area is 292 Å². The highest BCUT2D eigenvalue weighted by molar-refractivity contribution is 5.59. The highest BCUT2D eigenvalue weighted by Crippen LogP contribution is 2.44. The molecule has 4 aromatic carbocycles. The predicted molar refractivity (Wildman–Crippen MR) is 198 cm³/mol. The third-order valence-electron chi connectivity index (χ3n) is 10.1. The Bertz CT molecular complexity index is 1940. The molecule has 49 heavy (non-hydrogen) atoms. The summed E-state index contributed by atoms with van der Waals surface area (Å²) in [4.78, 5) is 0. The van der Waals surface area contributed by atoms with Crippen molar-refractivity contribution in [1.82, 2.24) is 0 Å². The molecule has 0 spiro atoms. The summed E-state index contributed by atoms with van der Waals surface area (Å²) in [6.07, 6.45) is 0.657. The van der Waals surface area contributed by atoms with E-state index in [1.807, 2.05) is 57.2 Å². The fourth-order valence-corrected chi connectivity index (χ4v) is 6.80. The van der Waals surface area contributed by atoms with Gasteiger partial charge in [-0.1, -0.05) is 119 Å². The molecule has 0 unspecified atom stereocenters. The normalized spacial score (nSPS) is 14.2. The molecule has 4 N–H and O–H groups in total. The van der Waals surface area contributed by atoms with E-state index < -0.39 is 11.2 Å². The van der Waals surface area contributed by atoms with Gasteiger partial charge in [0.05, 0.1) is 0 Å². The van der Waals surface area contributed by atoms with Gasteiger partial charge in [0, 0.05) is 31.2 Å². The van der Waals surface area contributed by atoms with Gasteiger partial charge in [-0.15, -0.1) is 0 Å². The topological polar surface area (TPSA) is 80.9 Å². The van der Waals surface area contributed by atoms with Crippen LogP contribution in [0.1, 0.15) is 150 Å². The van der Waals surface area contributed by atoms with E-state index in [9.17, 15) is 20.4 Å². The van der Waals surface area contributed by atoms with Gasteiger partial charge in [-0.3, -0.25) is 0 Å². The number of hydrogen-bond acceptors (Lipinski definition) is 4. The molecule has 5 rings (SSSR count). The molecule has 0 aliphatic heterocycles. The molecule has 0 fully saturated rings. The Morgan fingerprint density at radius 1 is 0.388 bits per heavy atom. The number of phenolic OH excluding ortho intramolecular Hbond substituents is 4. The Hall–Kier alpha value is -3.99. The van der Waals surface area contributed by atoms with Gasteiger partial charge >= 0.3 is 0 Å². The third-order valence-corrected chi connectivity index (χ3v) is 10.1. The van der Waals surface area contributed by atoms with Gasteiger partial charge in [0.1, 0.15) is 28.8 Å². The van der Waals surface area contributed by atoms with Crippen molar-refractivity contribution in [2.24, 2.45) is 0 Å². The van der Waals surface area contributed by atoms with E-state index in [2.05, 4.69) is 62.3 Å². The number of aromatic hydroxyl groups is 4. The van der Waals surface area contributed by atoms with E-state index in [4.69, 9.17) is 0 Å². The van der Waals surface area contributed by atoms with Gasteiger partial charge in [-0.05, 0) is 88.9 Å². The minimum Gasteiger partial charge on any atom is -0.507 e. The quantitative estimate of drug-likeness (QED) is 0.133. The van der Waals surface area contributed by atoms with Crippen LogP contribution in [0.5, 0.6) is 23.0 Å². The number of fused-ring (bicyclic) bond motifs is 8. The number of halogens is 1. The van der Waals surface area contributed by atoms with Gasteiger partial charge in [-0.25, -0.2) is 4.39 Å². The van der Waals surface area contributed by atoms with Crippen molar-refractivity contribution in [3.05, 3.63) is 115 Å². The third kappa shape index (κ3) is 7.18. The van der Waals surface area contributed by atoms with Crippen LogP contribution in [-0.2, 0) is 47.3 Å². The van der Waals surface area contributed by atoms with E-state index in [1.165, 1.54) is 0 Å². The zero-order chi connectivity index (χ0) is 36.6. The fourth-order valence-electron chi connectivity index (χ4n) is 6.80. The van der Waals surface area contributed by atoms with Crippen LogP contribution >= 0.6 is 0 Å². The summed E-state index contributed by atoms with van der Waals surface area (Å²) in [5, 5.41) is 47.5. The molecule has 4 aromatic rings. The van der Waals surface area contributed by atoms with E-state index in [0.29, 0.717) is 44.5 Å². The average Bonchev–Trinajstić information content (AvgIpc) is 2.95. The molecule has 8 bridgehead atoms. The maximum atomic E-state index is 16.6. The lowest BCUT2D eigenvalue weighted by Crippen LogP contribution is -2.17. The molecule has 262 valence electrons. The summed E-state index contributed by atoms with van der Waals surface area (Å²) < 4.78 is 16.6. The Morgan fingerprint density at radius 2 is 0.653 bits per heavy atom. The largest absolute Gasteiger partial charge is 0.507 e. The molecular formula is C44H55FO4. The summed E-state index contributed by atoms with van der Waals surface area (Å²) in [5.74, 6) is -0.401. The van der Waals surface area contributed by atoms with Crippen molar-refractivity contribution in [2.75, 3.05) is 0 Å². The summed E-state index contributed by atoms with van der Waals surface area (Å²) >= 11 is 0. The number of phenols is 4. The van der Waals surface area contributed by atoms with Crippen molar-refractivity contribution in [3.63, 3.8) is 0 Å². The van der Waals surface area contributed by atoms with Gasteiger partial charge in [0.15, 0.2) is 0 Å². The number of benzene rings is 4. The van der Waals surface area contributed by atoms with Crippen LogP contribution < -0.4 is 0 Å². The molecule has 0 amide bonds. The molecule has 0 radical (unpaired) electrons. The van der Waals surface area contributed by atoms with Gasteiger partial charge in [-0.2, -0.15) is 0 Å². The lowest BCUT2D eigenvalue weighted by molar-refractivity contribution is 0.439. The smallest absolute Gasteiger partial charge is 0.134 e. The SMILES string of the molecule is CC(C)(C)c1cc2c(O)c(c1)Cc1cc(C(C)(C)C)cc(c1O)Cc1c(O)c(cc(C(C)(C)C)c1F)Cc1cc(C(C)(C)C)cc(c1O)C2. The summed E-state index contributed by atoms with van der Waals surface area (Å²) in [7, 11) is 0. The summed E-state index contributed by atoms with van der Waals surface area (Å²) in [6, 6.07) is 13.6. The van der Waals surface area contributed by atoms with Gasteiger partial charge in [0.25, 0.3) is 0 Å². The average molecular weight is 667 g/mol. The second-order valence-electron chi connectivity index (χ2n) is 18.4. The molecule has 0 aromatic heterocycles. The van der Waals surface area contributed by atoms with Crippen molar-refractivity contribution in [3.8, 4) is 23.0 Å². The van der Waals surface area contributed by atoms with Crippen LogP contribution in [0.4, 0.5) is 4.39 Å². The van der Waals surface area contributed by atoms with Crippen molar-refractivity contribution in [1.29, 1.82) is 0 Å². The molecule has 0 heterocycles. The Morgan fingerprint density at radius 3 is 0.918 bits per heavy atom. The molecular weight excluding hydrogens is 611 g/mol. The van der Waals surface area contributed by atoms with Crippen LogP contribution in [-0.4, -0.2) is 20.4 Å². The van der Waals surface area contributed by atoms with Crippen molar-refractivity contribution >= 4 is 0 Å². The van der Waals surface area contributed by atoms with Crippen molar-refractivity contribution in [2.45, 2.75) is 130 Å². The highest BCUT2D eigenvalue weighted by Gasteiger charge is 2.30. The highest BCUT2D eigenvalue weighted by atomic mass is 19.1. The molecule has 4 nitrogen and oxygen atoms in total. The second-order valence-corrected chi connectivity index (χ2v) is 18.4. The number of hydrogen-bond donors (Lipinski definition) is 4. The minimum atomic E-state index is -0.575. The first-order valence-corrected chi connectivity index (χ1v) is 17.5. The Kier molecular flexibility index (Phi) is 8.97. The first-order valence-electron chi connectivity index (χ1n) is 17.5. The molecule has 0 saturated heterocycles. The van der Waals surface area contributed by atoms with E-state index in [0.717, 1.165) is 16.7 Å². The van der Waals surface area contributed by atoms with E-state index >= 15 is 4.39 Å². The van der Waals surface area contributed by atoms with Gasteiger partial charge in [0.2, 0.25) is 0 Å². The van der Waals surface area contributed by atoms with E-state index in [-0.39, 0.29) is 70.5 Å². The van der Waals surface area contributed by atoms with Crippen LogP contribution in [0.2, 0.25) is 0 Å². The number of rotatable bonds is 0. The summed E-state index contributed by atoms with van der Waals surface area (Å²) in [6.45, 7) is 24.9.